The van der Waals surface area contributed by atoms with Crippen molar-refractivity contribution in [1.82, 2.24) is 0 Å². The molecule has 0 aromatic carbocycles. The molecule has 5 heteroatoms. The summed E-state index contributed by atoms with van der Waals surface area (Å²) in [5.74, 6) is 0. The van der Waals surface area contributed by atoms with Gasteiger partial charge in [-0.3, -0.25) is 4.55 Å². The molecule has 0 fully saturated rings. The summed E-state index contributed by atoms with van der Waals surface area (Å²) in [6, 6.07) is 0. The van der Waals surface area contributed by atoms with Gasteiger partial charge in [-0.15, -0.1) is 0 Å². The third-order valence-corrected chi connectivity index (χ3v) is 5.07. The van der Waals surface area contributed by atoms with Crippen LogP contribution >= 0.6 is 0 Å². The van der Waals surface area contributed by atoms with Gasteiger partial charge in [0.05, 0.1) is 6.10 Å². The molecule has 0 aliphatic carbocycles. The Morgan fingerprint density at radius 2 is 1.04 bits per heavy atom. The van der Waals surface area contributed by atoms with Gasteiger partial charge in [-0.25, -0.2) is 4.18 Å². The molecule has 0 bridgehead atoms. The summed E-state index contributed by atoms with van der Waals surface area (Å²) in [4.78, 5) is 0. The van der Waals surface area contributed by atoms with Crippen LogP contribution in [0.3, 0.4) is 0 Å². The van der Waals surface area contributed by atoms with Gasteiger partial charge in [0, 0.05) is 0 Å². The van der Waals surface area contributed by atoms with Crippen LogP contribution in [-0.4, -0.2) is 19.1 Å². The molecule has 0 heterocycles. The van der Waals surface area contributed by atoms with Crippen molar-refractivity contribution in [3.8, 4) is 0 Å². The van der Waals surface area contributed by atoms with Gasteiger partial charge in [0.25, 0.3) is 0 Å². The molecule has 1 unspecified atom stereocenters. The standard InChI is InChI=1S/C19H40O4S/c1-3-4-5-6-7-8-9-10-11-12-13-14-15-16-17-18-19(2)23-24(20,21)22/h19H,3-18H2,1-2H3,(H,20,21,22). The number of rotatable bonds is 18. The van der Waals surface area contributed by atoms with E-state index < -0.39 is 16.5 Å². The Bertz CT molecular complexity index is 354. The Labute approximate surface area is 150 Å². The molecule has 0 rings (SSSR count). The Morgan fingerprint density at radius 3 is 1.38 bits per heavy atom. The molecular formula is C19H40O4S. The summed E-state index contributed by atoms with van der Waals surface area (Å²) in [7, 11) is -4.29. The van der Waals surface area contributed by atoms with Gasteiger partial charge in [0.15, 0.2) is 0 Å². The first-order valence-electron chi connectivity index (χ1n) is 10.1. The SMILES string of the molecule is CCCCCCCCCCCCCCCCCC(C)OS(=O)(=O)O. The number of hydrogen-bond donors (Lipinski definition) is 1. The molecule has 0 aliphatic rings. The molecule has 4 nitrogen and oxygen atoms in total. The van der Waals surface area contributed by atoms with Crippen molar-refractivity contribution in [2.45, 2.75) is 123 Å². The average molecular weight is 365 g/mol. The lowest BCUT2D eigenvalue weighted by atomic mass is 10.0. The monoisotopic (exact) mass is 364 g/mol. The largest absolute Gasteiger partial charge is 0.397 e. The van der Waals surface area contributed by atoms with Crippen molar-refractivity contribution < 1.29 is 17.2 Å². The maximum absolute atomic E-state index is 10.5. The van der Waals surface area contributed by atoms with E-state index in [1.165, 1.54) is 83.5 Å². The molecule has 0 aromatic rings. The maximum Gasteiger partial charge on any atom is 0.397 e. The third kappa shape index (κ3) is 19.9. The summed E-state index contributed by atoms with van der Waals surface area (Å²) < 4.78 is 34.1. The van der Waals surface area contributed by atoms with E-state index in [9.17, 15) is 8.42 Å². The highest BCUT2D eigenvalue weighted by Gasteiger charge is 2.11. The van der Waals surface area contributed by atoms with Gasteiger partial charge in [-0.1, -0.05) is 103 Å². The highest BCUT2D eigenvalue weighted by Crippen LogP contribution is 2.14. The minimum atomic E-state index is -4.29. The zero-order chi connectivity index (χ0) is 18.1. The lowest BCUT2D eigenvalue weighted by molar-refractivity contribution is 0.185. The molecule has 0 aromatic heterocycles. The number of unbranched alkanes of at least 4 members (excludes halogenated alkanes) is 14. The second kappa shape index (κ2) is 16.3. The van der Waals surface area contributed by atoms with E-state index in [-0.39, 0.29) is 0 Å². The quantitative estimate of drug-likeness (QED) is 0.224. The van der Waals surface area contributed by atoms with E-state index in [1.807, 2.05) is 0 Å². The normalized spacial score (nSPS) is 13.3. The summed E-state index contributed by atoms with van der Waals surface area (Å²) in [6.07, 6.45) is 20.0. The molecule has 1 N–H and O–H groups in total. The fourth-order valence-electron chi connectivity index (χ4n) is 3.06. The minimum absolute atomic E-state index is 0.429. The van der Waals surface area contributed by atoms with Gasteiger partial charge in [0.2, 0.25) is 0 Å². The zero-order valence-corrected chi connectivity index (χ0v) is 16.8. The van der Waals surface area contributed by atoms with E-state index in [2.05, 4.69) is 11.1 Å². The van der Waals surface area contributed by atoms with Crippen LogP contribution in [0.1, 0.15) is 117 Å². The van der Waals surface area contributed by atoms with Gasteiger partial charge in [0.1, 0.15) is 0 Å². The van der Waals surface area contributed by atoms with E-state index in [4.69, 9.17) is 4.55 Å². The van der Waals surface area contributed by atoms with Gasteiger partial charge < -0.3 is 0 Å². The van der Waals surface area contributed by atoms with Crippen LogP contribution in [0.2, 0.25) is 0 Å². The molecular weight excluding hydrogens is 324 g/mol. The summed E-state index contributed by atoms with van der Waals surface area (Å²) in [5, 5.41) is 0. The van der Waals surface area contributed by atoms with Gasteiger partial charge in [-0.2, -0.15) is 8.42 Å². The maximum atomic E-state index is 10.5. The molecule has 0 saturated carbocycles. The molecule has 0 radical (unpaired) electrons. The molecule has 146 valence electrons. The van der Waals surface area contributed by atoms with E-state index in [1.54, 1.807) is 6.92 Å². The second-order valence-electron chi connectivity index (χ2n) is 7.07. The van der Waals surface area contributed by atoms with Crippen molar-refractivity contribution in [3.05, 3.63) is 0 Å². The highest BCUT2D eigenvalue weighted by atomic mass is 32.3. The van der Waals surface area contributed by atoms with E-state index in [0.717, 1.165) is 12.8 Å². The van der Waals surface area contributed by atoms with Crippen LogP contribution < -0.4 is 0 Å². The van der Waals surface area contributed by atoms with Crippen LogP contribution in [0, 0.1) is 0 Å². The van der Waals surface area contributed by atoms with E-state index in [0.29, 0.717) is 6.42 Å². The Balaban J connectivity index is 3.15. The zero-order valence-electron chi connectivity index (χ0n) is 16.0. The summed E-state index contributed by atoms with van der Waals surface area (Å²) >= 11 is 0. The fraction of sp³-hybridized carbons (Fsp3) is 1.00. The predicted molar refractivity (Wildman–Crippen MR) is 102 cm³/mol. The van der Waals surface area contributed by atoms with E-state index >= 15 is 0 Å². The topological polar surface area (TPSA) is 63.6 Å². The van der Waals surface area contributed by atoms with Crippen molar-refractivity contribution in [2.75, 3.05) is 0 Å². The number of hydrogen-bond acceptors (Lipinski definition) is 3. The summed E-state index contributed by atoms with van der Waals surface area (Å²) in [5.41, 5.74) is 0. The molecule has 0 saturated heterocycles. The Morgan fingerprint density at radius 1 is 0.708 bits per heavy atom. The van der Waals surface area contributed by atoms with Crippen LogP contribution in [0.5, 0.6) is 0 Å². The first-order chi connectivity index (χ1) is 11.5. The Kier molecular flexibility index (Phi) is 16.3. The van der Waals surface area contributed by atoms with Gasteiger partial charge in [-0.05, 0) is 13.3 Å². The van der Waals surface area contributed by atoms with Crippen molar-refractivity contribution in [1.29, 1.82) is 0 Å². The highest BCUT2D eigenvalue weighted by molar-refractivity contribution is 7.80. The van der Waals surface area contributed by atoms with Crippen molar-refractivity contribution in [2.24, 2.45) is 0 Å². The Hall–Kier alpha value is -0.130. The first kappa shape index (κ1) is 23.9. The molecule has 24 heavy (non-hydrogen) atoms. The van der Waals surface area contributed by atoms with Crippen LogP contribution in [-0.2, 0) is 14.6 Å². The van der Waals surface area contributed by atoms with Gasteiger partial charge >= 0.3 is 10.4 Å². The average Bonchev–Trinajstić information content (AvgIpc) is 2.49. The van der Waals surface area contributed by atoms with Crippen LogP contribution in [0.4, 0.5) is 0 Å². The molecule has 1 atom stereocenters. The molecule has 0 amide bonds. The minimum Gasteiger partial charge on any atom is -0.264 e. The molecule has 0 spiro atoms. The lowest BCUT2D eigenvalue weighted by Crippen LogP contribution is -2.14. The van der Waals surface area contributed by atoms with Crippen LogP contribution in [0.25, 0.3) is 0 Å². The van der Waals surface area contributed by atoms with Crippen molar-refractivity contribution in [3.63, 3.8) is 0 Å². The molecule has 0 aliphatic heterocycles. The summed E-state index contributed by atoms with van der Waals surface area (Å²) in [6.45, 7) is 3.94. The fourth-order valence-corrected chi connectivity index (χ4v) is 3.57. The second-order valence-corrected chi connectivity index (χ2v) is 8.12. The smallest absolute Gasteiger partial charge is 0.264 e. The predicted octanol–water partition coefficient (Wildman–Crippen LogP) is 6.46. The van der Waals surface area contributed by atoms with Crippen LogP contribution in [0.15, 0.2) is 0 Å². The lowest BCUT2D eigenvalue weighted by Gasteiger charge is -2.09. The third-order valence-electron chi connectivity index (χ3n) is 4.50. The first-order valence-corrected chi connectivity index (χ1v) is 11.5. The van der Waals surface area contributed by atoms with Crippen molar-refractivity contribution >= 4 is 10.4 Å².